The third-order valence-corrected chi connectivity index (χ3v) is 2.61. The smallest absolute Gasteiger partial charge is 0.0178 e. The van der Waals surface area contributed by atoms with Crippen LogP contribution < -0.4 is 5.73 Å². The van der Waals surface area contributed by atoms with E-state index in [4.69, 9.17) is 5.73 Å². The Balaban J connectivity index is 0. The highest BCUT2D eigenvalue weighted by Crippen LogP contribution is 2.00. The highest BCUT2D eigenvalue weighted by Gasteiger charge is 1.85. The van der Waals surface area contributed by atoms with E-state index in [1.165, 1.54) is 23.1 Å². The predicted molar refractivity (Wildman–Crippen MR) is 102 cm³/mol. The predicted octanol–water partition coefficient (Wildman–Crippen LogP) is 6.15. The summed E-state index contributed by atoms with van der Waals surface area (Å²) in [5, 5.41) is 0. The first-order valence-electron chi connectivity index (χ1n) is 8.47. The van der Waals surface area contributed by atoms with Crippen LogP contribution in [0.2, 0.25) is 0 Å². The van der Waals surface area contributed by atoms with Gasteiger partial charge in [-0.05, 0) is 24.5 Å². The van der Waals surface area contributed by atoms with E-state index in [1.807, 2.05) is 19.9 Å². The summed E-state index contributed by atoms with van der Waals surface area (Å²) in [7, 11) is 0. The van der Waals surface area contributed by atoms with Gasteiger partial charge in [0.15, 0.2) is 0 Å². The zero-order valence-corrected chi connectivity index (χ0v) is 15.4. The summed E-state index contributed by atoms with van der Waals surface area (Å²) in [4.78, 5) is 0. The second-order valence-corrected chi connectivity index (χ2v) is 4.74. The maximum Gasteiger partial charge on any atom is 0.0178 e. The minimum absolute atomic E-state index is 0.639. The van der Waals surface area contributed by atoms with Crippen LogP contribution >= 0.6 is 0 Å². The molecule has 1 nitrogen and oxygen atoms in total. The monoisotopic (exact) mass is 301 g/mol. The number of aryl methyl sites for hydroxylation is 2. The normalized spacial score (nSPS) is 8.32. The SMILES string of the molecule is CC.CCC.CCc1ccccc1.Cc1ccc(CN)cc1. The summed E-state index contributed by atoms with van der Waals surface area (Å²) in [5.41, 5.74) is 9.29. The van der Waals surface area contributed by atoms with E-state index in [1.54, 1.807) is 0 Å². The van der Waals surface area contributed by atoms with Gasteiger partial charge in [-0.2, -0.15) is 0 Å². The fourth-order valence-corrected chi connectivity index (χ4v) is 1.44. The van der Waals surface area contributed by atoms with Crippen molar-refractivity contribution in [2.45, 2.75) is 60.9 Å². The Labute approximate surface area is 138 Å². The molecule has 0 bridgehead atoms. The molecule has 0 aliphatic rings. The van der Waals surface area contributed by atoms with Crippen molar-refractivity contribution in [3.05, 3.63) is 71.3 Å². The van der Waals surface area contributed by atoms with Gasteiger partial charge < -0.3 is 5.73 Å². The zero-order valence-electron chi connectivity index (χ0n) is 15.4. The Morgan fingerprint density at radius 2 is 1.18 bits per heavy atom. The second kappa shape index (κ2) is 17.5. The molecule has 0 atom stereocenters. The van der Waals surface area contributed by atoms with Gasteiger partial charge in [-0.25, -0.2) is 0 Å². The lowest BCUT2D eigenvalue weighted by Gasteiger charge is -1.94. The highest BCUT2D eigenvalue weighted by atomic mass is 14.5. The largest absolute Gasteiger partial charge is 0.326 e. The summed E-state index contributed by atoms with van der Waals surface area (Å²) in [6, 6.07) is 18.7. The van der Waals surface area contributed by atoms with Gasteiger partial charge in [0.2, 0.25) is 0 Å². The number of rotatable bonds is 2. The van der Waals surface area contributed by atoms with E-state index in [-0.39, 0.29) is 0 Å². The summed E-state index contributed by atoms with van der Waals surface area (Å²) in [5.74, 6) is 0. The van der Waals surface area contributed by atoms with Crippen LogP contribution in [0.5, 0.6) is 0 Å². The van der Waals surface area contributed by atoms with Gasteiger partial charge >= 0.3 is 0 Å². The maximum absolute atomic E-state index is 5.40. The lowest BCUT2D eigenvalue weighted by molar-refractivity contribution is 1.07. The molecule has 2 N–H and O–H groups in total. The topological polar surface area (TPSA) is 26.0 Å². The van der Waals surface area contributed by atoms with E-state index < -0.39 is 0 Å². The number of hydrogen-bond acceptors (Lipinski definition) is 1. The summed E-state index contributed by atoms with van der Waals surface area (Å²) >= 11 is 0. The van der Waals surface area contributed by atoms with Crippen LogP contribution in [0, 0.1) is 6.92 Å². The highest BCUT2D eigenvalue weighted by molar-refractivity contribution is 5.20. The van der Waals surface area contributed by atoms with Crippen LogP contribution in [0.25, 0.3) is 0 Å². The second-order valence-electron chi connectivity index (χ2n) is 4.74. The molecule has 0 saturated heterocycles. The Hall–Kier alpha value is -1.60. The van der Waals surface area contributed by atoms with E-state index in [9.17, 15) is 0 Å². The molecule has 0 aliphatic heterocycles. The van der Waals surface area contributed by atoms with Crippen LogP contribution in [0.3, 0.4) is 0 Å². The zero-order chi connectivity index (χ0) is 17.2. The summed E-state index contributed by atoms with van der Waals surface area (Å²) in [6.45, 7) is 13.1. The molecule has 2 aromatic rings. The Bertz CT molecular complexity index is 417. The minimum atomic E-state index is 0.639. The molecule has 0 radical (unpaired) electrons. The lowest BCUT2D eigenvalue weighted by Crippen LogP contribution is -1.94. The number of nitrogens with two attached hydrogens (primary N) is 1. The third kappa shape index (κ3) is 13.4. The molecule has 0 heterocycles. The Morgan fingerprint density at radius 3 is 1.50 bits per heavy atom. The van der Waals surface area contributed by atoms with Crippen LogP contribution in [-0.2, 0) is 13.0 Å². The minimum Gasteiger partial charge on any atom is -0.326 e. The van der Waals surface area contributed by atoms with E-state index in [0.29, 0.717) is 6.54 Å². The summed E-state index contributed by atoms with van der Waals surface area (Å²) < 4.78 is 0. The Morgan fingerprint density at radius 1 is 0.727 bits per heavy atom. The number of benzene rings is 2. The van der Waals surface area contributed by atoms with Crippen molar-refractivity contribution < 1.29 is 0 Å². The molecular weight excluding hydrogens is 266 g/mol. The van der Waals surface area contributed by atoms with Gasteiger partial charge in [0.1, 0.15) is 0 Å². The molecule has 124 valence electrons. The average Bonchev–Trinajstić information content (AvgIpc) is 2.59. The molecule has 22 heavy (non-hydrogen) atoms. The molecule has 0 spiro atoms. The van der Waals surface area contributed by atoms with Crippen molar-refractivity contribution in [1.29, 1.82) is 0 Å². The van der Waals surface area contributed by atoms with Gasteiger partial charge in [0, 0.05) is 6.54 Å². The van der Waals surface area contributed by atoms with Crippen molar-refractivity contribution >= 4 is 0 Å². The third-order valence-electron chi connectivity index (χ3n) is 2.61. The van der Waals surface area contributed by atoms with Gasteiger partial charge in [-0.15, -0.1) is 0 Å². The summed E-state index contributed by atoms with van der Waals surface area (Å²) in [6.07, 6.45) is 2.39. The van der Waals surface area contributed by atoms with Gasteiger partial charge in [-0.3, -0.25) is 0 Å². The molecule has 2 aromatic carbocycles. The average molecular weight is 302 g/mol. The maximum atomic E-state index is 5.40. The Kier molecular flexibility index (Phi) is 18.0. The van der Waals surface area contributed by atoms with Crippen LogP contribution in [-0.4, -0.2) is 0 Å². The fraction of sp³-hybridized carbons (Fsp3) is 0.429. The van der Waals surface area contributed by atoms with Crippen molar-refractivity contribution in [3.63, 3.8) is 0 Å². The number of hydrogen-bond donors (Lipinski definition) is 1. The van der Waals surface area contributed by atoms with Gasteiger partial charge in [0.05, 0.1) is 0 Å². The van der Waals surface area contributed by atoms with Crippen molar-refractivity contribution in [1.82, 2.24) is 0 Å². The first-order chi connectivity index (χ1) is 10.7. The molecule has 0 unspecified atom stereocenters. The van der Waals surface area contributed by atoms with Crippen molar-refractivity contribution in [2.75, 3.05) is 0 Å². The molecule has 0 fully saturated rings. The molecule has 1 heteroatoms. The molecule has 2 rings (SSSR count). The van der Waals surface area contributed by atoms with E-state index >= 15 is 0 Å². The first-order valence-corrected chi connectivity index (χ1v) is 8.47. The molecular formula is C21H35N. The standard InChI is InChI=1S/C8H11N.C8H10.C3H8.C2H6/c1-7-2-4-8(6-9)5-3-7;1-2-8-6-4-3-5-7-8;1-3-2;1-2/h2-5H,6,9H2,1H3;3-7H,2H2,1H3;3H2,1-2H3;1-2H3. The van der Waals surface area contributed by atoms with Crippen LogP contribution in [0.4, 0.5) is 0 Å². The van der Waals surface area contributed by atoms with Crippen LogP contribution in [0.15, 0.2) is 54.6 Å². The molecule has 0 saturated carbocycles. The van der Waals surface area contributed by atoms with E-state index in [2.05, 4.69) is 76.2 Å². The fourth-order valence-electron chi connectivity index (χ4n) is 1.44. The van der Waals surface area contributed by atoms with Crippen molar-refractivity contribution in [2.24, 2.45) is 5.73 Å². The van der Waals surface area contributed by atoms with E-state index in [0.717, 1.165) is 6.42 Å². The van der Waals surface area contributed by atoms with Crippen molar-refractivity contribution in [3.8, 4) is 0 Å². The molecule has 0 amide bonds. The first kappa shape index (κ1) is 22.7. The molecule has 0 aliphatic carbocycles. The van der Waals surface area contributed by atoms with Gasteiger partial charge in [-0.1, -0.05) is 101 Å². The quantitative estimate of drug-likeness (QED) is 0.707. The lowest BCUT2D eigenvalue weighted by atomic mass is 10.2. The van der Waals surface area contributed by atoms with Crippen LogP contribution in [0.1, 0.15) is 57.7 Å². The molecule has 0 aromatic heterocycles. The van der Waals surface area contributed by atoms with Gasteiger partial charge in [0.25, 0.3) is 0 Å².